The minimum atomic E-state index is -0.784. The number of benzene rings is 2. The number of carbonyl (C=O) groups excluding carboxylic acids is 1. The van der Waals surface area contributed by atoms with Crippen molar-refractivity contribution in [3.05, 3.63) is 63.2 Å². The summed E-state index contributed by atoms with van der Waals surface area (Å²) in [5.74, 6) is 0.191. The van der Waals surface area contributed by atoms with Crippen molar-refractivity contribution >= 4 is 28.9 Å². The van der Waals surface area contributed by atoms with Gasteiger partial charge in [0, 0.05) is 12.1 Å². The Bertz CT molecular complexity index is 764. The molecule has 2 rings (SSSR count). The Kier molecular flexibility index (Phi) is 5.76. The van der Waals surface area contributed by atoms with Gasteiger partial charge in [-0.3, -0.25) is 14.9 Å². The number of rotatable bonds is 6. The number of nitrogens with zero attached hydrogens (tertiary/aromatic N) is 1. The van der Waals surface area contributed by atoms with E-state index in [0.717, 1.165) is 12.0 Å². The van der Waals surface area contributed by atoms with Gasteiger partial charge < -0.3 is 10.1 Å². The molecule has 0 heterocycles. The van der Waals surface area contributed by atoms with Crippen LogP contribution in [0.5, 0.6) is 5.75 Å². The highest BCUT2D eigenvalue weighted by Gasteiger charge is 2.18. The van der Waals surface area contributed by atoms with Crippen LogP contribution in [-0.4, -0.2) is 16.9 Å². The monoisotopic (exact) mass is 348 g/mol. The van der Waals surface area contributed by atoms with Crippen LogP contribution in [0.4, 0.5) is 11.4 Å². The van der Waals surface area contributed by atoms with Crippen LogP contribution in [0.3, 0.4) is 0 Å². The number of hydrogen-bond acceptors (Lipinski definition) is 4. The number of aryl methyl sites for hydroxylation is 1. The average molecular weight is 349 g/mol. The van der Waals surface area contributed by atoms with Crippen LogP contribution in [0.2, 0.25) is 5.02 Å². The molecular weight excluding hydrogens is 332 g/mol. The molecule has 0 saturated carbocycles. The lowest BCUT2D eigenvalue weighted by atomic mass is 10.1. The van der Waals surface area contributed by atoms with Crippen LogP contribution in [-0.2, 0) is 11.2 Å². The summed E-state index contributed by atoms with van der Waals surface area (Å²) in [7, 11) is 0. The molecule has 0 fully saturated rings. The van der Waals surface area contributed by atoms with E-state index >= 15 is 0 Å². The maximum atomic E-state index is 12.3. The molecule has 1 atom stereocenters. The first-order valence-corrected chi connectivity index (χ1v) is 7.79. The highest BCUT2D eigenvalue weighted by molar-refractivity contribution is 6.33. The largest absolute Gasteiger partial charge is 0.481 e. The zero-order valence-electron chi connectivity index (χ0n) is 13.3. The Labute approximate surface area is 144 Å². The Hall–Kier alpha value is -2.60. The lowest BCUT2D eigenvalue weighted by Crippen LogP contribution is -2.30. The summed E-state index contributed by atoms with van der Waals surface area (Å²) in [6, 6.07) is 11.3. The molecule has 0 saturated heterocycles. The van der Waals surface area contributed by atoms with Gasteiger partial charge in [-0.1, -0.05) is 36.7 Å². The van der Waals surface area contributed by atoms with Crippen molar-refractivity contribution < 1.29 is 14.5 Å². The van der Waals surface area contributed by atoms with Crippen molar-refractivity contribution in [3.63, 3.8) is 0 Å². The minimum absolute atomic E-state index is 0.153. The fourth-order valence-electron chi connectivity index (χ4n) is 2.11. The topological polar surface area (TPSA) is 81.5 Å². The second kappa shape index (κ2) is 7.79. The second-order valence-corrected chi connectivity index (χ2v) is 5.54. The Morgan fingerprint density at radius 1 is 1.33 bits per heavy atom. The number of nitro groups is 1. The van der Waals surface area contributed by atoms with E-state index < -0.39 is 16.9 Å². The number of para-hydroxylation sites is 1. The number of ether oxygens (including phenoxy) is 1. The standard InChI is InChI=1S/C17H17ClN2O4/c1-3-12-6-4-5-7-16(12)24-11(2)17(21)19-15-10-13(20(22)23)8-9-14(15)18/h4-11H,3H2,1-2H3,(H,19,21)/t11-/m1/s1. The molecule has 0 aliphatic heterocycles. The predicted molar refractivity (Wildman–Crippen MR) is 92.6 cm³/mol. The fourth-order valence-corrected chi connectivity index (χ4v) is 2.28. The van der Waals surface area contributed by atoms with Gasteiger partial charge in [0.25, 0.3) is 11.6 Å². The summed E-state index contributed by atoms with van der Waals surface area (Å²) in [6.07, 6.45) is -0.00524. The van der Waals surface area contributed by atoms with Gasteiger partial charge in [-0.25, -0.2) is 0 Å². The number of non-ortho nitro benzene ring substituents is 1. The van der Waals surface area contributed by atoms with Crippen molar-refractivity contribution in [2.75, 3.05) is 5.32 Å². The molecule has 0 unspecified atom stereocenters. The van der Waals surface area contributed by atoms with E-state index in [4.69, 9.17) is 16.3 Å². The second-order valence-electron chi connectivity index (χ2n) is 5.13. The van der Waals surface area contributed by atoms with Crippen molar-refractivity contribution in [2.45, 2.75) is 26.4 Å². The summed E-state index contributed by atoms with van der Waals surface area (Å²) in [6.45, 7) is 3.60. The molecule has 0 bridgehead atoms. The molecule has 0 radical (unpaired) electrons. The fraction of sp³-hybridized carbons (Fsp3) is 0.235. The van der Waals surface area contributed by atoms with E-state index in [2.05, 4.69) is 5.32 Å². The number of amides is 1. The number of halogens is 1. The third-order valence-electron chi connectivity index (χ3n) is 3.45. The third-order valence-corrected chi connectivity index (χ3v) is 3.77. The van der Waals surface area contributed by atoms with Crippen LogP contribution in [0.1, 0.15) is 19.4 Å². The van der Waals surface area contributed by atoms with Crippen molar-refractivity contribution in [3.8, 4) is 5.75 Å². The van der Waals surface area contributed by atoms with Gasteiger partial charge in [0.2, 0.25) is 0 Å². The van der Waals surface area contributed by atoms with E-state index in [1.165, 1.54) is 18.2 Å². The molecule has 126 valence electrons. The van der Waals surface area contributed by atoms with Crippen molar-refractivity contribution in [1.82, 2.24) is 0 Å². The molecule has 0 aliphatic carbocycles. The van der Waals surface area contributed by atoms with Gasteiger partial charge in [-0.2, -0.15) is 0 Å². The van der Waals surface area contributed by atoms with Gasteiger partial charge in [0.05, 0.1) is 15.6 Å². The molecule has 0 aliphatic rings. The number of carbonyl (C=O) groups is 1. The van der Waals surface area contributed by atoms with Gasteiger partial charge in [-0.15, -0.1) is 0 Å². The minimum Gasteiger partial charge on any atom is -0.481 e. The molecule has 2 aromatic carbocycles. The molecule has 0 aromatic heterocycles. The maximum Gasteiger partial charge on any atom is 0.271 e. The lowest BCUT2D eigenvalue weighted by Gasteiger charge is -2.17. The van der Waals surface area contributed by atoms with Gasteiger partial charge in [-0.05, 0) is 31.0 Å². The summed E-state index contributed by atoms with van der Waals surface area (Å²) in [5.41, 5.74) is 1.01. The first-order chi connectivity index (χ1) is 11.4. The first-order valence-electron chi connectivity index (χ1n) is 7.41. The number of hydrogen-bond donors (Lipinski definition) is 1. The number of anilines is 1. The summed E-state index contributed by atoms with van der Waals surface area (Å²) >= 11 is 5.98. The summed E-state index contributed by atoms with van der Waals surface area (Å²) < 4.78 is 5.70. The van der Waals surface area contributed by atoms with Crippen molar-refractivity contribution in [2.24, 2.45) is 0 Å². The first kappa shape index (κ1) is 17.7. The van der Waals surface area contributed by atoms with Crippen LogP contribution < -0.4 is 10.1 Å². The van der Waals surface area contributed by atoms with Crippen molar-refractivity contribution in [1.29, 1.82) is 0 Å². The number of nitrogens with one attached hydrogen (secondary N) is 1. The smallest absolute Gasteiger partial charge is 0.271 e. The van der Waals surface area contributed by atoms with Gasteiger partial charge >= 0.3 is 0 Å². The Balaban J connectivity index is 2.12. The van der Waals surface area contributed by atoms with E-state index in [1.807, 2.05) is 25.1 Å². The van der Waals surface area contributed by atoms with Crippen LogP contribution in [0.25, 0.3) is 0 Å². The van der Waals surface area contributed by atoms with E-state index in [1.54, 1.807) is 13.0 Å². The van der Waals surface area contributed by atoms with Crippen LogP contribution >= 0.6 is 11.6 Å². The highest BCUT2D eigenvalue weighted by Crippen LogP contribution is 2.27. The summed E-state index contributed by atoms with van der Waals surface area (Å²) in [5, 5.41) is 13.6. The predicted octanol–water partition coefficient (Wildman–Crippen LogP) is 4.22. The molecule has 6 nitrogen and oxygen atoms in total. The van der Waals surface area contributed by atoms with Gasteiger partial charge in [0.15, 0.2) is 6.10 Å². The van der Waals surface area contributed by atoms with Crippen LogP contribution in [0, 0.1) is 10.1 Å². The highest BCUT2D eigenvalue weighted by atomic mass is 35.5. The van der Waals surface area contributed by atoms with E-state index in [-0.39, 0.29) is 16.4 Å². The Morgan fingerprint density at radius 2 is 2.04 bits per heavy atom. The zero-order valence-corrected chi connectivity index (χ0v) is 14.0. The quantitative estimate of drug-likeness (QED) is 0.626. The normalized spacial score (nSPS) is 11.6. The zero-order chi connectivity index (χ0) is 17.7. The average Bonchev–Trinajstić information content (AvgIpc) is 2.57. The number of nitro benzene ring substituents is 1. The van der Waals surface area contributed by atoms with Crippen LogP contribution in [0.15, 0.2) is 42.5 Å². The summed E-state index contributed by atoms with van der Waals surface area (Å²) in [4.78, 5) is 22.6. The lowest BCUT2D eigenvalue weighted by molar-refractivity contribution is -0.384. The molecule has 1 N–H and O–H groups in total. The van der Waals surface area contributed by atoms with E-state index in [0.29, 0.717) is 5.75 Å². The maximum absolute atomic E-state index is 12.3. The molecule has 24 heavy (non-hydrogen) atoms. The molecular formula is C17H17ClN2O4. The molecule has 1 amide bonds. The van der Waals surface area contributed by atoms with Gasteiger partial charge in [0.1, 0.15) is 5.75 Å². The molecule has 0 spiro atoms. The molecule has 7 heteroatoms. The SMILES string of the molecule is CCc1ccccc1O[C@H](C)C(=O)Nc1cc([N+](=O)[O-])ccc1Cl. The molecule has 2 aromatic rings. The van der Waals surface area contributed by atoms with E-state index in [9.17, 15) is 14.9 Å². The third kappa shape index (κ3) is 4.23. The Morgan fingerprint density at radius 3 is 2.71 bits per heavy atom.